The maximum absolute atomic E-state index is 11.5. The molecule has 0 bridgehead atoms. The minimum atomic E-state index is 0.106. The molecule has 5 nitrogen and oxygen atoms in total. The minimum absolute atomic E-state index is 0.106. The summed E-state index contributed by atoms with van der Waals surface area (Å²) in [5, 5.41) is 0. The maximum atomic E-state index is 11.5. The molecule has 5 heteroatoms. The lowest BCUT2D eigenvalue weighted by molar-refractivity contribution is -0.124. The van der Waals surface area contributed by atoms with E-state index in [2.05, 4.69) is 83.1 Å². The highest BCUT2D eigenvalue weighted by atomic mass is 16.1. The Morgan fingerprint density at radius 2 is 0.525 bits per heavy atom. The normalized spacial score (nSPS) is 11.5. The van der Waals surface area contributed by atoms with Crippen LogP contribution in [0, 0.1) is 64.6 Å². The van der Waals surface area contributed by atoms with Crippen LogP contribution in [-0.2, 0) is 24.0 Å². The van der Waals surface area contributed by atoms with Gasteiger partial charge in [0.25, 0.3) is 0 Å². The predicted molar refractivity (Wildman–Crippen MR) is 270 cm³/mol. The van der Waals surface area contributed by atoms with Crippen LogP contribution >= 0.6 is 0 Å². The number of unbranched alkanes of at least 4 members (excludes halogenated alkanes) is 4. The van der Waals surface area contributed by atoms with Gasteiger partial charge in [-0.15, -0.1) is 0 Å². The molecule has 0 N–H and O–H groups in total. The standard InChI is InChI=1S/C12H24O.C11H20O2.2C11H22O.C11H24/c1-9(2)7-12(5,6)8-11(13)10(3)4;1-8(2)10(12)6-5-7-11(13)9(3)4;2*1-9(2)7-5-6-8-11(12)10(3)4;1-10(2)8-6-5-7-9-11(3)4/h9-10H,7-8H2,1-6H3;8-9H,5-7H2,1-4H3;2*9-10H,5-8H2,1-4H3;10-11H,5-9H2,1-4H3. The fourth-order valence-electron chi connectivity index (χ4n) is 6.43. The van der Waals surface area contributed by atoms with Crippen LogP contribution in [0.1, 0.15) is 268 Å². The zero-order valence-corrected chi connectivity index (χ0v) is 45.5. The average molecular weight is 866 g/mol. The fourth-order valence-corrected chi connectivity index (χ4v) is 6.43. The highest BCUT2D eigenvalue weighted by Crippen LogP contribution is 2.30. The van der Waals surface area contributed by atoms with E-state index in [1.54, 1.807) is 0 Å². The van der Waals surface area contributed by atoms with Crippen LogP contribution in [0.4, 0.5) is 0 Å². The molecule has 0 aliphatic heterocycles. The first kappa shape index (κ1) is 68.4. The molecule has 0 heterocycles. The lowest BCUT2D eigenvalue weighted by Gasteiger charge is -2.26. The van der Waals surface area contributed by atoms with Crippen molar-refractivity contribution in [3.63, 3.8) is 0 Å². The molecule has 61 heavy (non-hydrogen) atoms. The number of carbonyl (C=O) groups excluding carboxylic acids is 5. The van der Waals surface area contributed by atoms with Crippen LogP contribution in [0.2, 0.25) is 0 Å². The first-order chi connectivity index (χ1) is 27.9. The van der Waals surface area contributed by atoms with Crippen LogP contribution < -0.4 is 0 Å². The molecule has 0 unspecified atom stereocenters. The summed E-state index contributed by atoms with van der Waals surface area (Å²) in [6, 6.07) is 0. The van der Waals surface area contributed by atoms with Crippen LogP contribution in [0.15, 0.2) is 0 Å². The van der Waals surface area contributed by atoms with Gasteiger partial charge in [0.05, 0.1) is 0 Å². The predicted octanol–water partition coefficient (Wildman–Crippen LogP) is 17.4. The highest BCUT2D eigenvalue weighted by Gasteiger charge is 2.24. The molecule has 0 aromatic rings. The van der Waals surface area contributed by atoms with Crippen LogP contribution in [0.25, 0.3) is 0 Å². The Morgan fingerprint density at radius 3 is 0.738 bits per heavy atom. The van der Waals surface area contributed by atoms with E-state index in [-0.39, 0.29) is 46.6 Å². The van der Waals surface area contributed by atoms with Crippen molar-refractivity contribution in [1.82, 2.24) is 0 Å². The molecule has 0 aliphatic carbocycles. The Hall–Kier alpha value is -1.65. The molecule has 0 saturated carbocycles. The topological polar surface area (TPSA) is 85.3 Å². The van der Waals surface area contributed by atoms with Gasteiger partial charge in [0.2, 0.25) is 0 Å². The maximum Gasteiger partial charge on any atom is 0.135 e. The summed E-state index contributed by atoms with van der Waals surface area (Å²) in [6.07, 6.45) is 19.5. The van der Waals surface area contributed by atoms with Gasteiger partial charge in [0.1, 0.15) is 28.9 Å². The van der Waals surface area contributed by atoms with Crippen LogP contribution in [0.5, 0.6) is 0 Å². The van der Waals surface area contributed by atoms with Gasteiger partial charge in [0.15, 0.2) is 0 Å². The van der Waals surface area contributed by atoms with Gasteiger partial charge in [-0.25, -0.2) is 0 Å². The smallest absolute Gasteiger partial charge is 0.135 e. The molecule has 0 spiro atoms. The average Bonchev–Trinajstić information content (AvgIpc) is 3.11. The summed E-state index contributed by atoms with van der Waals surface area (Å²) in [4.78, 5) is 56.3. The number of hydrogen-bond donors (Lipinski definition) is 0. The largest absolute Gasteiger partial charge is 0.299 e. The first-order valence-corrected chi connectivity index (χ1v) is 25.5. The zero-order chi connectivity index (χ0) is 48.9. The summed E-state index contributed by atoms with van der Waals surface area (Å²) in [5.74, 6) is 6.62. The van der Waals surface area contributed by atoms with Gasteiger partial charge < -0.3 is 0 Å². The number of ketones is 5. The van der Waals surface area contributed by atoms with Crippen molar-refractivity contribution in [2.75, 3.05) is 0 Å². The van der Waals surface area contributed by atoms with Crippen molar-refractivity contribution < 1.29 is 24.0 Å². The lowest BCUT2D eigenvalue weighted by Crippen LogP contribution is -2.21. The number of Topliss-reactive ketones (excluding diaryl/α,β-unsaturated/α-hetero) is 5. The van der Waals surface area contributed by atoms with E-state index in [1.165, 1.54) is 57.8 Å². The quantitative estimate of drug-likeness (QED) is 0.0699. The van der Waals surface area contributed by atoms with Crippen molar-refractivity contribution in [2.24, 2.45) is 64.6 Å². The Kier molecular flexibility index (Phi) is 47.4. The second-order valence-electron chi connectivity index (χ2n) is 22.6. The van der Waals surface area contributed by atoms with Crippen molar-refractivity contribution in [3.8, 4) is 0 Å². The highest BCUT2D eigenvalue weighted by molar-refractivity contribution is 5.83. The summed E-state index contributed by atoms with van der Waals surface area (Å²) in [7, 11) is 0. The third kappa shape index (κ3) is 58.4. The molecule has 0 aromatic heterocycles. The first-order valence-electron chi connectivity index (χ1n) is 25.5. The van der Waals surface area contributed by atoms with Crippen LogP contribution in [0.3, 0.4) is 0 Å². The van der Waals surface area contributed by atoms with E-state index in [1.807, 2.05) is 69.2 Å². The second kappa shape index (κ2) is 42.3. The van der Waals surface area contributed by atoms with Gasteiger partial charge in [-0.05, 0) is 60.7 Å². The van der Waals surface area contributed by atoms with Gasteiger partial charge >= 0.3 is 0 Å². The zero-order valence-electron chi connectivity index (χ0n) is 45.5. The lowest BCUT2D eigenvalue weighted by atomic mass is 9.78. The Morgan fingerprint density at radius 1 is 0.295 bits per heavy atom. The van der Waals surface area contributed by atoms with E-state index in [9.17, 15) is 24.0 Å². The summed E-state index contributed by atoms with van der Waals surface area (Å²) in [5.41, 5.74) is 0.176. The Balaban J connectivity index is -0.000000214. The van der Waals surface area contributed by atoms with E-state index >= 15 is 0 Å². The molecule has 0 rings (SSSR count). The van der Waals surface area contributed by atoms with Gasteiger partial charge in [-0.1, -0.05) is 210 Å². The van der Waals surface area contributed by atoms with Crippen molar-refractivity contribution in [1.29, 1.82) is 0 Å². The van der Waals surface area contributed by atoms with E-state index in [0.29, 0.717) is 42.5 Å². The third-order valence-electron chi connectivity index (χ3n) is 10.7. The summed E-state index contributed by atoms with van der Waals surface area (Å²) in [6.45, 7) is 46.4. The molecular weight excluding hydrogens is 753 g/mol. The van der Waals surface area contributed by atoms with Crippen molar-refractivity contribution in [2.45, 2.75) is 268 Å². The number of rotatable bonds is 29. The number of hydrogen-bond acceptors (Lipinski definition) is 5. The van der Waals surface area contributed by atoms with E-state index in [0.717, 1.165) is 62.2 Å². The van der Waals surface area contributed by atoms with Crippen molar-refractivity contribution >= 4 is 28.9 Å². The summed E-state index contributed by atoms with van der Waals surface area (Å²) < 4.78 is 0. The molecule has 0 aliphatic rings. The second-order valence-corrected chi connectivity index (χ2v) is 22.6. The van der Waals surface area contributed by atoms with Crippen molar-refractivity contribution in [3.05, 3.63) is 0 Å². The third-order valence-corrected chi connectivity index (χ3v) is 10.7. The molecule has 366 valence electrons. The van der Waals surface area contributed by atoms with Crippen LogP contribution in [-0.4, -0.2) is 28.9 Å². The number of carbonyl (C=O) groups is 5. The minimum Gasteiger partial charge on any atom is -0.299 e. The SMILES string of the molecule is CC(C)C(=O)CCCC(=O)C(C)C.CC(C)CC(C)(C)CC(=O)C(C)C.CC(C)CCCCC(=O)C(C)C.CC(C)CCCCC(=O)C(C)C.CC(C)CCCCCC(C)C. The molecule has 0 saturated heterocycles. The van der Waals surface area contributed by atoms with Gasteiger partial charge in [-0.2, -0.15) is 0 Å². The Labute approximate surface area is 384 Å². The molecular formula is C56H112O5. The fraction of sp³-hybridized carbons (Fsp3) is 0.911. The monoisotopic (exact) mass is 865 g/mol. The van der Waals surface area contributed by atoms with Gasteiger partial charge in [0, 0.05) is 61.7 Å². The Bertz CT molecular complexity index is 993. The van der Waals surface area contributed by atoms with Gasteiger partial charge in [-0.3, -0.25) is 24.0 Å². The van der Waals surface area contributed by atoms with E-state index < -0.39 is 0 Å². The molecule has 0 aromatic carbocycles. The van der Waals surface area contributed by atoms with E-state index in [4.69, 9.17) is 0 Å². The molecule has 0 amide bonds. The molecule has 0 fully saturated rings. The summed E-state index contributed by atoms with van der Waals surface area (Å²) >= 11 is 0. The molecule has 0 atom stereocenters. The molecule has 0 radical (unpaired) electrons.